The van der Waals surface area contributed by atoms with Gasteiger partial charge in [0.25, 0.3) is 0 Å². The van der Waals surface area contributed by atoms with Gasteiger partial charge in [-0.05, 0) is 139 Å². The lowest BCUT2D eigenvalue weighted by molar-refractivity contribution is -0.0152. The molecule has 4 atom stereocenters. The topological polar surface area (TPSA) is 18.5 Å². The molecule has 2 nitrogen and oxygen atoms in total. The van der Waals surface area contributed by atoms with Crippen molar-refractivity contribution in [3.05, 3.63) is 118 Å². The summed E-state index contributed by atoms with van der Waals surface area (Å²) in [6.45, 7) is 26.7. The Morgan fingerprint density at radius 3 is 1.45 bits per heavy atom. The van der Waals surface area contributed by atoms with E-state index < -0.39 is 8.07 Å². The quantitative estimate of drug-likeness (QED) is 0.145. The summed E-state index contributed by atoms with van der Waals surface area (Å²) in [5, 5.41) is 0. The average molecular weight is 701 g/mol. The zero-order valence-electron chi connectivity index (χ0n) is 33.5. The number of benzene rings is 4. The Labute approximate surface area is 311 Å². The van der Waals surface area contributed by atoms with Crippen LogP contribution in [-0.4, -0.2) is 19.3 Å². The van der Waals surface area contributed by atoms with Gasteiger partial charge in [-0.2, -0.15) is 0 Å². The highest BCUT2D eigenvalue weighted by Crippen LogP contribution is 2.59. The highest BCUT2D eigenvalue weighted by Gasteiger charge is 2.55. The summed E-state index contributed by atoms with van der Waals surface area (Å²) in [6, 6.07) is 35.6. The van der Waals surface area contributed by atoms with Crippen molar-refractivity contribution in [1.82, 2.24) is 0 Å². The van der Waals surface area contributed by atoms with Crippen molar-refractivity contribution in [2.45, 2.75) is 137 Å². The van der Waals surface area contributed by atoms with E-state index >= 15 is 0 Å². The summed E-state index contributed by atoms with van der Waals surface area (Å²) in [4.78, 5) is 0. The van der Waals surface area contributed by atoms with Gasteiger partial charge in [-0.3, -0.25) is 0 Å². The third-order valence-corrected chi connectivity index (χ3v) is 19.1. The molecule has 3 heteroatoms. The Hall–Kier alpha value is -2.98. The lowest BCUT2D eigenvalue weighted by atomic mass is 9.91. The smallest absolute Gasteiger partial charge is 0.0724 e. The zero-order valence-corrected chi connectivity index (χ0v) is 34.5. The minimum Gasteiger partial charge on any atom is -0.371 e. The predicted octanol–water partition coefficient (Wildman–Crippen LogP) is 13.1. The first-order valence-electron chi connectivity index (χ1n) is 19.9. The summed E-state index contributed by atoms with van der Waals surface area (Å²) in [5.41, 5.74) is 15.6. The van der Waals surface area contributed by atoms with Crippen LogP contribution < -0.4 is 0 Å². The summed E-state index contributed by atoms with van der Waals surface area (Å²) in [6.07, 6.45) is 2.37. The second-order valence-corrected chi connectivity index (χ2v) is 23.3. The third-order valence-electron chi connectivity index (χ3n) is 12.3. The molecule has 0 aliphatic heterocycles. The molecule has 0 bridgehead atoms. The number of ether oxygens (including phenoxy) is 2. The Balaban J connectivity index is 1.37. The molecule has 0 amide bonds. The van der Waals surface area contributed by atoms with E-state index in [-0.39, 0.29) is 11.2 Å². The van der Waals surface area contributed by atoms with Crippen molar-refractivity contribution in [1.29, 1.82) is 0 Å². The monoisotopic (exact) mass is 700 g/mol. The van der Waals surface area contributed by atoms with E-state index in [0.29, 0.717) is 42.0 Å². The van der Waals surface area contributed by atoms with E-state index in [2.05, 4.69) is 161 Å². The summed E-state index contributed by atoms with van der Waals surface area (Å²) in [5.74, 6) is 1.96. The molecule has 51 heavy (non-hydrogen) atoms. The Morgan fingerprint density at radius 1 is 0.608 bits per heavy atom. The van der Waals surface area contributed by atoms with Crippen LogP contribution in [0.5, 0.6) is 0 Å². The molecule has 0 saturated carbocycles. The van der Waals surface area contributed by atoms with Gasteiger partial charge in [0.15, 0.2) is 0 Å². The average Bonchev–Trinajstić information content (AvgIpc) is 3.66. The van der Waals surface area contributed by atoms with Gasteiger partial charge in [0.2, 0.25) is 0 Å². The first-order chi connectivity index (χ1) is 24.2. The standard InChI is InChI=1S/C48H64O2Si/c1-12-51(13-2,45-33(5)28-43-38(16-14-18-40(43)45)36-24-20-34(21-25-36)30-49-47(6,7)8)46-41-19-15-17-39(44(41)29-42(46)32(3)4)37-26-22-35(23-27-37)31-50-48(9,10)11/h14-27,32-33,42,45-46H,12-13,28-31H2,1-11H3. The summed E-state index contributed by atoms with van der Waals surface area (Å²) in [7, 11) is -1.92. The van der Waals surface area contributed by atoms with Crippen LogP contribution in [-0.2, 0) is 35.5 Å². The molecule has 6 rings (SSSR count). The third kappa shape index (κ3) is 7.73. The van der Waals surface area contributed by atoms with E-state index in [0.717, 1.165) is 0 Å². The van der Waals surface area contributed by atoms with Crippen molar-refractivity contribution >= 4 is 8.07 Å². The number of fused-ring (bicyclic) bond motifs is 2. The Kier molecular flexibility index (Phi) is 11.0. The van der Waals surface area contributed by atoms with Gasteiger partial charge in [0.1, 0.15) is 0 Å². The molecule has 0 spiro atoms. The van der Waals surface area contributed by atoms with Crippen LogP contribution in [0, 0.1) is 17.8 Å². The normalized spacial score (nSPS) is 20.5. The molecule has 0 fully saturated rings. The van der Waals surface area contributed by atoms with Crippen LogP contribution in [0.25, 0.3) is 22.3 Å². The fraction of sp³-hybridized carbons (Fsp3) is 0.500. The molecule has 4 unspecified atom stereocenters. The maximum Gasteiger partial charge on any atom is 0.0724 e. The second kappa shape index (κ2) is 14.8. The van der Waals surface area contributed by atoms with E-state index in [1.54, 1.807) is 22.3 Å². The molecule has 0 aromatic heterocycles. The van der Waals surface area contributed by atoms with Gasteiger partial charge >= 0.3 is 0 Å². The van der Waals surface area contributed by atoms with Crippen molar-refractivity contribution in [2.75, 3.05) is 0 Å². The number of hydrogen-bond donors (Lipinski definition) is 0. The molecule has 0 radical (unpaired) electrons. The maximum atomic E-state index is 6.09. The molecule has 0 heterocycles. The fourth-order valence-electron chi connectivity index (χ4n) is 9.84. The first kappa shape index (κ1) is 37.8. The van der Waals surface area contributed by atoms with Crippen molar-refractivity contribution < 1.29 is 9.47 Å². The van der Waals surface area contributed by atoms with Gasteiger partial charge in [-0.25, -0.2) is 0 Å². The van der Waals surface area contributed by atoms with Gasteiger partial charge in [-0.15, -0.1) is 0 Å². The predicted molar refractivity (Wildman–Crippen MR) is 220 cm³/mol. The molecule has 272 valence electrons. The van der Waals surface area contributed by atoms with Gasteiger partial charge in [-0.1, -0.05) is 132 Å². The molecular weight excluding hydrogens is 637 g/mol. The highest BCUT2D eigenvalue weighted by molar-refractivity contribution is 6.82. The van der Waals surface area contributed by atoms with Crippen LogP contribution in [0.1, 0.15) is 121 Å². The molecule has 0 saturated heterocycles. The summed E-state index contributed by atoms with van der Waals surface area (Å²) < 4.78 is 12.2. The lowest BCUT2D eigenvalue weighted by Crippen LogP contribution is -2.50. The Morgan fingerprint density at radius 2 is 1.04 bits per heavy atom. The number of rotatable bonds is 11. The van der Waals surface area contributed by atoms with Crippen molar-refractivity contribution in [3.8, 4) is 22.3 Å². The van der Waals surface area contributed by atoms with Gasteiger partial charge < -0.3 is 9.47 Å². The lowest BCUT2D eigenvalue weighted by Gasteiger charge is -2.47. The molecule has 2 aliphatic carbocycles. The Bertz CT molecular complexity index is 1780. The minimum atomic E-state index is -1.92. The maximum absolute atomic E-state index is 6.09. The van der Waals surface area contributed by atoms with Crippen LogP contribution in [0.2, 0.25) is 12.1 Å². The largest absolute Gasteiger partial charge is 0.371 e. The van der Waals surface area contributed by atoms with E-state index in [4.69, 9.17) is 9.47 Å². The van der Waals surface area contributed by atoms with Crippen LogP contribution in [0.3, 0.4) is 0 Å². The van der Waals surface area contributed by atoms with Crippen LogP contribution in [0.4, 0.5) is 0 Å². The van der Waals surface area contributed by atoms with Crippen molar-refractivity contribution in [2.24, 2.45) is 17.8 Å². The van der Waals surface area contributed by atoms with E-state index in [9.17, 15) is 0 Å². The molecule has 0 N–H and O–H groups in total. The van der Waals surface area contributed by atoms with Crippen molar-refractivity contribution in [3.63, 3.8) is 0 Å². The second-order valence-electron chi connectivity index (χ2n) is 18.1. The van der Waals surface area contributed by atoms with E-state index in [1.165, 1.54) is 58.3 Å². The molecular formula is C48H64O2Si. The van der Waals surface area contributed by atoms with Gasteiger partial charge in [0.05, 0.1) is 32.5 Å². The molecule has 4 aromatic carbocycles. The SMILES string of the molecule is CC[Si](CC)(C1c2cccc(-c3ccc(COC(C)(C)C)cc3)c2CC1C)C1c2cccc(-c3ccc(COC(C)(C)C)cc3)c2CC1C(C)C. The zero-order chi connectivity index (χ0) is 36.7. The number of hydrogen-bond acceptors (Lipinski definition) is 2. The van der Waals surface area contributed by atoms with Gasteiger partial charge in [0, 0.05) is 0 Å². The minimum absolute atomic E-state index is 0.137. The van der Waals surface area contributed by atoms with Crippen LogP contribution in [0.15, 0.2) is 84.9 Å². The fourth-order valence-corrected chi connectivity index (χ4v) is 16.9. The summed E-state index contributed by atoms with van der Waals surface area (Å²) >= 11 is 0. The first-order valence-corrected chi connectivity index (χ1v) is 22.4. The van der Waals surface area contributed by atoms with Crippen LogP contribution >= 0.6 is 0 Å². The highest BCUT2D eigenvalue weighted by atomic mass is 28.3. The molecule has 2 aliphatic rings. The molecule has 4 aromatic rings. The van der Waals surface area contributed by atoms with E-state index in [1.807, 2.05) is 0 Å².